The summed E-state index contributed by atoms with van der Waals surface area (Å²) in [6.07, 6.45) is 0. The van der Waals surface area contributed by atoms with Crippen molar-refractivity contribution in [2.75, 3.05) is 11.9 Å². The second-order valence-corrected chi connectivity index (χ2v) is 5.44. The van der Waals surface area contributed by atoms with Crippen molar-refractivity contribution in [1.29, 1.82) is 0 Å². The summed E-state index contributed by atoms with van der Waals surface area (Å²) in [4.78, 5) is 6.73. The summed E-state index contributed by atoms with van der Waals surface area (Å²) >= 11 is 3.48. The first-order chi connectivity index (χ1) is 8.49. The summed E-state index contributed by atoms with van der Waals surface area (Å²) in [5, 5.41) is 0. The second-order valence-electron chi connectivity index (χ2n) is 4.59. The Labute approximate surface area is 117 Å². The van der Waals surface area contributed by atoms with E-state index < -0.39 is 0 Å². The lowest BCUT2D eigenvalue weighted by Gasteiger charge is -2.21. The maximum Gasteiger partial charge on any atom is 0.133 e. The summed E-state index contributed by atoms with van der Waals surface area (Å²) in [6, 6.07) is 10.5. The number of hydrogen-bond acceptors (Lipinski definition) is 2. The minimum Gasteiger partial charge on any atom is -0.329 e. The average Bonchev–Trinajstić information content (AvgIpc) is 2.35. The highest BCUT2D eigenvalue weighted by atomic mass is 79.9. The molecule has 0 aliphatic heterocycles. The molecule has 0 saturated heterocycles. The van der Waals surface area contributed by atoms with Crippen molar-refractivity contribution in [3.05, 3.63) is 51.6 Å². The zero-order chi connectivity index (χ0) is 13.3. The normalized spacial score (nSPS) is 10.5. The number of pyridine rings is 1. The largest absolute Gasteiger partial charge is 0.329 e. The maximum absolute atomic E-state index is 4.60. The maximum atomic E-state index is 4.60. The molecule has 0 radical (unpaired) electrons. The highest BCUT2D eigenvalue weighted by Gasteiger charge is 2.09. The highest BCUT2D eigenvalue weighted by Crippen LogP contribution is 2.27. The van der Waals surface area contributed by atoms with Gasteiger partial charge in [-0.25, -0.2) is 4.98 Å². The number of anilines is 2. The van der Waals surface area contributed by atoms with Gasteiger partial charge in [-0.15, -0.1) is 0 Å². The SMILES string of the molecule is Cc1ccc(C)c(N(C)c2ccc(Br)c(C)n2)c1. The van der Waals surface area contributed by atoms with Crippen LogP contribution in [0.1, 0.15) is 16.8 Å². The Morgan fingerprint density at radius 3 is 2.44 bits per heavy atom. The van der Waals surface area contributed by atoms with Crippen LogP contribution >= 0.6 is 15.9 Å². The molecule has 0 N–H and O–H groups in total. The average molecular weight is 305 g/mol. The molecular formula is C15H17BrN2. The van der Waals surface area contributed by atoms with E-state index in [4.69, 9.17) is 0 Å². The van der Waals surface area contributed by atoms with Crippen LogP contribution < -0.4 is 4.90 Å². The van der Waals surface area contributed by atoms with Gasteiger partial charge in [0, 0.05) is 17.2 Å². The van der Waals surface area contributed by atoms with Crippen LogP contribution in [0.15, 0.2) is 34.8 Å². The van der Waals surface area contributed by atoms with E-state index in [1.54, 1.807) is 0 Å². The van der Waals surface area contributed by atoms with Crippen molar-refractivity contribution in [2.45, 2.75) is 20.8 Å². The van der Waals surface area contributed by atoms with E-state index >= 15 is 0 Å². The number of nitrogens with zero attached hydrogens (tertiary/aromatic N) is 2. The second kappa shape index (κ2) is 5.11. The monoisotopic (exact) mass is 304 g/mol. The van der Waals surface area contributed by atoms with Crippen molar-refractivity contribution in [3.8, 4) is 0 Å². The number of rotatable bonds is 2. The molecule has 2 rings (SSSR count). The summed E-state index contributed by atoms with van der Waals surface area (Å²) in [6.45, 7) is 6.23. The van der Waals surface area contributed by atoms with Crippen LogP contribution in [0.3, 0.4) is 0 Å². The Balaban J connectivity index is 2.44. The molecule has 1 heterocycles. The molecule has 0 aliphatic rings. The Morgan fingerprint density at radius 2 is 1.78 bits per heavy atom. The Bertz CT molecular complexity index is 579. The number of halogens is 1. The van der Waals surface area contributed by atoms with Crippen molar-refractivity contribution >= 4 is 27.4 Å². The first-order valence-electron chi connectivity index (χ1n) is 5.93. The van der Waals surface area contributed by atoms with E-state index in [1.807, 2.05) is 19.1 Å². The smallest absolute Gasteiger partial charge is 0.133 e. The third-order valence-electron chi connectivity index (χ3n) is 3.08. The third-order valence-corrected chi connectivity index (χ3v) is 3.91. The number of benzene rings is 1. The first kappa shape index (κ1) is 13.1. The van der Waals surface area contributed by atoms with E-state index in [1.165, 1.54) is 16.8 Å². The van der Waals surface area contributed by atoms with Gasteiger partial charge in [0.25, 0.3) is 0 Å². The summed E-state index contributed by atoms with van der Waals surface area (Å²) in [5.41, 5.74) is 4.72. The number of aromatic nitrogens is 1. The zero-order valence-electron chi connectivity index (χ0n) is 11.2. The number of hydrogen-bond donors (Lipinski definition) is 0. The zero-order valence-corrected chi connectivity index (χ0v) is 12.7. The standard InChI is InChI=1S/C15H17BrN2/c1-10-5-6-11(2)14(9-10)18(4)15-8-7-13(16)12(3)17-15/h5-9H,1-4H3. The van der Waals surface area contributed by atoms with Gasteiger partial charge >= 0.3 is 0 Å². The van der Waals surface area contributed by atoms with E-state index in [-0.39, 0.29) is 0 Å². The van der Waals surface area contributed by atoms with Crippen LogP contribution in [-0.2, 0) is 0 Å². The van der Waals surface area contributed by atoms with Gasteiger partial charge in [-0.2, -0.15) is 0 Å². The van der Waals surface area contributed by atoms with Crippen LogP contribution in [0.4, 0.5) is 11.5 Å². The molecule has 2 nitrogen and oxygen atoms in total. The molecule has 0 amide bonds. The molecular weight excluding hydrogens is 288 g/mol. The highest BCUT2D eigenvalue weighted by molar-refractivity contribution is 9.10. The van der Waals surface area contributed by atoms with Gasteiger partial charge in [0.15, 0.2) is 0 Å². The van der Waals surface area contributed by atoms with Crippen LogP contribution in [0, 0.1) is 20.8 Å². The molecule has 1 aromatic heterocycles. The van der Waals surface area contributed by atoms with E-state index in [9.17, 15) is 0 Å². The van der Waals surface area contributed by atoms with Gasteiger partial charge < -0.3 is 4.90 Å². The molecule has 0 aliphatic carbocycles. The van der Waals surface area contributed by atoms with Crippen LogP contribution in [-0.4, -0.2) is 12.0 Å². The Kier molecular flexibility index (Phi) is 3.71. The minimum absolute atomic E-state index is 0.962. The Hall–Kier alpha value is -1.35. The molecule has 2 aromatic rings. The lowest BCUT2D eigenvalue weighted by Crippen LogP contribution is -2.13. The third kappa shape index (κ3) is 2.56. The van der Waals surface area contributed by atoms with E-state index in [2.05, 4.69) is 64.9 Å². The Morgan fingerprint density at radius 1 is 1.06 bits per heavy atom. The lowest BCUT2D eigenvalue weighted by molar-refractivity contribution is 1.07. The first-order valence-corrected chi connectivity index (χ1v) is 6.72. The number of aryl methyl sites for hydroxylation is 3. The minimum atomic E-state index is 0.962. The van der Waals surface area contributed by atoms with Crippen molar-refractivity contribution < 1.29 is 0 Å². The van der Waals surface area contributed by atoms with Crippen molar-refractivity contribution in [1.82, 2.24) is 4.98 Å². The molecule has 0 unspecified atom stereocenters. The topological polar surface area (TPSA) is 16.1 Å². The molecule has 0 atom stereocenters. The molecule has 3 heteroatoms. The molecule has 0 spiro atoms. The van der Waals surface area contributed by atoms with Crippen molar-refractivity contribution in [2.24, 2.45) is 0 Å². The van der Waals surface area contributed by atoms with Gasteiger partial charge in [-0.05, 0) is 66.0 Å². The van der Waals surface area contributed by atoms with E-state index in [0.29, 0.717) is 0 Å². The predicted octanol–water partition coefficient (Wildman–Crippen LogP) is 4.54. The lowest BCUT2D eigenvalue weighted by atomic mass is 10.1. The summed E-state index contributed by atoms with van der Waals surface area (Å²) in [7, 11) is 2.05. The molecule has 18 heavy (non-hydrogen) atoms. The van der Waals surface area contributed by atoms with Gasteiger partial charge in [-0.3, -0.25) is 0 Å². The van der Waals surface area contributed by atoms with Crippen LogP contribution in [0.5, 0.6) is 0 Å². The molecule has 1 aromatic carbocycles. The van der Waals surface area contributed by atoms with E-state index in [0.717, 1.165) is 16.0 Å². The fourth-order valence-corrected chi connectivity index (χ4v) is 2.14. The van der Waals surface area contributed by atoms with Gasteiger partial charge in [-0.1, -0.05) is 12.1 Å². The molecule has 0 bridgehead atoms. The van der Waals surface area contributed by atoms with Crippen LogP contribution in [0.2, 0.25) is 0 Å². The van der Waals surface area contributed by atoms with Crippen molar-refractivity contribution in [3.63, 3.8) is 0 Å². The van der Waals surface area contributed by atoms with Gasteiger partial charge in [0.2, 0.25) is 0 Å². The quantitative estimate of drug-likeness (QED) is 0.810. The summed E-state index contributed by atoms with van der Waals surface area (Å²) in [5.74, 6) is 0.962. The van der Waals surface area contributed by atoms with Gasteiger partial charge in [0.05, 0.1) is 5.69 Å². The predicted molar refractivity (Wildman–Crippen MR) is 80.7 cm³/mol. The molecule has 94 valence electrons. The fourth-order valence-electron chi connectivity index (χ4n) is 1.92. The fraction of sp³-hybridized carbons (Fsp3) is 0.267. The molecule has 0 fully saturated rings. The van der Waals surface area contributed by atoms with Gasteiger partial charge in [0.1, 0.15) is 5.82 Å². The molecule has 0 saturated carbocycles. The van der Waals surface area contributed by atoms with Crippen LogP contribution in [0.25, 0.3) is 0 Å². The summed E-state index contributed by atoms with van der Waals surface area (Å²) < 4.78 is 1.04.